The fourth-order valence-corrected chi connectivity index (χ4v) is 2.55. The van der Waals surface area contributed by atoms with E-state index in [1.165, 1.54) is 24.8 Å². The van der Waals surface area contributed by atoms with Gasteiger partial charge in [0.2, 0.25) is 5.91 Å². The van der Waals surface area contributed by atoms with Crippen LogP contribution in [0.4, 0.5) is 10.1 Å². The number of rotatable bonds is 3. The van der Waals surface area contributed by atoms with Gasteiger partial charge < -0.3 is 5.32 Å². The molecule has 2 aromatic carbocycles. The second kappa shape index (κ2) is 6.22. The number of hydrogen-bond donors (Lipinski definition) is 1. The summed E-state index contributed by atoms with van der Waals surface area (Å²) in [5.41, 5.74) is 0.741. The lowest BCUT2D eigenvalue weighted by atomic mass is 10.2. The van der Waals surface area contributed by atoms with Crippen molar-refractivity contribution in [2.45, 2.75) is 16.7 Å². The van der Waals surface area contributed by atoms with E-state index in [0.29, 0.717) is 10.6 Å². The molecular weight excluding hydrogens is 275 g/mol. The molecule has 0 saturated carbocycles. The van der Waals surface area contributed by atoms with Gasteiger partial charge in [0.05, 0.1) is 0 Å². The summed E-state index contributed by atoms with van der Waals surface area (Å²) in [6.45, 7) is 1.44. The van der Waals surface area contributed by atoms with Crippen molar-refractivity contribution in [3.05, 3.63) is 53.8 Å². The highest BCUT2D eigenvalue weighted by atomic mass is 32.2. The number of carbonyl (C=O) groups excluding carboxylic acids is 1. The SMILES string of the molecule is CC(=O)Nc1ccc(Sc2cccc(F)c2C#N)cc1. The molecule has 0 fully saturated rings. The number of hydrogen-bond acceptors (Lipinski definition) is 3. The number of nitriles is 1. The molecule has 0 aliphatic rings. The van der Waals surface area contributed by atoms with Gasteiger partial charge in [-0.25, -0.2) is 4.39 Å². The lowest BCUT2D eigenvalue weighted by molar-refractivity contribution is -0.114. The lowest BCUT2D eigenvalue weighted by Crippen LogP contribution is -2.05. The van der Waals surface area contributed by atoms with Gasteiger partial charge in [0, 0.05) is 22.4 Å². The molecule has 0 bridgehead atoms. The van der Waals surface area contributed by atoms with E-state index >= 15 is 0 Å². The first kappa shape index (κ1) is 14.1. The lowest BCUT2D eigenvalue weighted by Gasteiger charge is -2.06. The number of halogens is 1. The number of amides is 1. The van der Waals surface area contributed by atoms with Gasteiger partial charge in [-0.05, 0) is 36.4 Å². The summed E-state index contributed by atoms with van der Waals surface area (Å²) in [7, 11) is 0. The third-order valence-electron chi connectivity index (χ3n) is 2.49. The fourth-order valence-electron chi connectivity index (χ4n) is 1.63. The van der Waals surface area contributed by atoms with Crippen molar-refractivity contribution in [2.75, 3.05) is 5.32 Å². The number of nitrogens with one attached hydrogen (secondary N) is 1. The molecule has 1 amide bonds. The predicted molar refractivity (Wildman–Crippen MR) is 76.0 cm³/mol. The Hall–Kier alpha value is -2.32. The zero-order valence-corrected chi connectivity index (χ0v) is 11.5. The molecule has 0 aliphatic carbocycles. The van der Waals surface area contributed by atoms with Gasteiger partial charge in [-0.3, -0.25) is 4.79 Å². The van der Waals surface area contributed by atoms with Crippen LogP contribution in [0.1, 0.15) is 12.5 Å². The van der Waals surface area contributed by atoms with Gasteiger partial charge in [-0.1, -0.05) is 17.8 Å². The quantitative estimate of drug-likeness (QED) is 0.933. The number of nitrogens with zero attached hydrogens (tertiary/aromatic N) is 1. The summed E-state index contributed by atoms with van der Waals surface area (Å²) in [6, 6.07) is 13.5. The number of anilines is 1. The van der Waals surface area contributed by atoms with Gasteiger partial charge >= 0.3 is 0 Å². The molecule has 0 aliphatic heterocycles. The standard InChI is InChI=1S/C15H11FN2OS/c1-10(19)18-11-5-7-12(8-6-11)20-15-4-2-3-14(16)13(15)9-17/h2-8H,1H3,(H,18,19). The van der Waals surface area contributed by atoms with Crippen molar-refractivity contribution < 1.29 is 9.18 Å². The molecule has 3 nitrogen and oxygen atoms in total. The predicted octanol–water partition coefficient (Wildman–Crippen LogP) is 3.81. The van der Waals surface area contributed by atoms with Crippen LogP contribution in [0.25, 0.3) is 0 Å². The molecule has 0 radical (unpaired) electrons. The maximum atomic E-state index is 13.5. The molecule has 5 heteroatoms. The van der Waals surface area contributed by atoms with Gasteiger partial charge in [-0.2, -0.15) is 5.26 Å². The van der Waals surface area contributed by atoms with E-state index in [4.69, 9.17) is 5.26 Å². The molecule has 0 aromatic heterocycles. The Labute approximate surface area is 120 Å². The third-order valence-corrected chi connectivity index (χ3v) is 3.56. The van der Waals surface area contributed by atoms with E-state index in [-0.39, 0.29) is 11.5 Å². The smallest absolute Gasteiger partial charge is 0.221 e. The van der Waals surface area contributed by atoms with Crippen LogP contribution in [-0.2, 0) is 4.79 Å². The molecule has 1 N–H and O–H groups in total. The van der Waals surface area contributed by atoms with E-state index in [0.717, 1.165) is 4.90 Å². The van der Waals surface area contributed by atoms with Crippen LogP contribution in [-0.4, -0.2) is 5.91 Å². The summed E-state index contributed by atoms with van der Waals surface area (Å²) in [4.78, 5) is 12.3. The summed E-state index contributed by atoms with van der Waals surface area (Å²) >= 11 is 1.31. The monoisotopic (exact) mass is 286 g/mol. The van der Waals surface area contributed by atoms with E-state index in [1.807, 2.05) is 18.2 Å². The van der Waals surface area contributed by atoms with Gasteiger partial charge in [0.1, 0.15) is 17.4 Å². The topological polar surface area (TPSA) is 52.9 Å². The first-order valence-electron chi connectivity index (χ1n) is 5.84. The minimum Gasteiger partial charge on any atom is -0.326 e. The largest absolute Gasteiger partial charge is 0.326 e. The first-order chi connectivity index (χ1) is 9.60. The first-order valence-corrected chi connectivity index (χ1v) is 6.66. The molecule has 0 atom stereocenters. The van der Waals surface area contributed by atoms with Crippen molar-refractivity contribution in [2.24, 2.45) is 0 Å². The van der Waals surface area contributed by atoms with Crippen molar-refractivity contribution in [3.63, 3.8) is 0 Å². The molecule has 0 saturated heterocycles. The highest BCUT2D eigenvalue weighted by molar-refractivity contribution is 7.99. The maximum absolute atomic E-state index is 13.5. The summed E-state index contributed by atoms with van der Waals surface area (Å²) < 4.78 is 13.5. The molecule has 20 heavy (non-hydrogen) atoms. The van der Waals surface area contributed by atoms with E-state index in [2.05, 4.69) is 5.32 Å². The van der Waals surface area contributed by atoms with Gasteiger partial charge in [0.25, 0.3) is 0 Å². The van der Waals surface area contributed by atoms with Crippen LogP contribution in [0.15, 0.2) is 52.3 Å². The molecule has 0 unspecified atom stereocenters. The molecule has 0 spiro atoms. The molecule has 100 valence electrons. The number of carbonyl (C=O) groups is 1. The summed E-state index contributed by atoms with van der Waals surface area (Å²) in [5, 5.41) is 11.6. The van der Waals surface area contributed by atoms with Crippen molar-refractivity contribution >= 4 is 23.4 Å². The van der Waals surface area contributed by atoms with Crippen LogP contribution in [0, 0.1) is 17.1 Å². The fraction of sp³-hybridized carbons (Fsp3) is 0.0667. The Balaban J connectivity index is 2.21. The van der Waals surface area contributed by atoms with Crippen LogP contribution in [0.3, 0.4) is 0 Å². The van der Waals surface area contributed by atoms with E-state index in [1.54, 1.807) is 24.3 Å². The third kappa shape index (κ3) is 3.37. The number of benzene rings is 2. The molecule has 2 aromatic rings. The zero-order valence-electron chi connectivity index (χ0n) is 10.7. The zero-order chi connectivity index (χ0) is 14.5. The summed E-state index contributed by atoms with van der Waals surface area (Å²) in [5.74, 6) is -0.658. The van der Waals surface area contributed by atoms with Crippen LogP contribution < -0.4 is 5.32 Å². The molecule has 2 rings (SSSR count). The van der Waals surface area contributed by atoms with E-state index < -0.39 is 5.82 Å². The van der Waals surface area contributed by atoms with Crippen molar-refractivity contribution in [1.82, 2.24) is 0 Å². The Morgan fingerprint density at radius 2 is 1.95 bits per heavy atom. The Bertz CT molecular complexity index is 677. The van der Waals surface area contributed by atoms with Crippen LogP contribution in [0.5, 0.6) is 0 Å². The van der Waals surface area contributed by atoms with Gasteiger partial charge in [0.15, 0.2) is 0 Å². The summed E-state index contributed by atoms with van der Waals surface area (Å²) in [6.07, 6.45) is 0. The maximum Gasteiger partial charge on any atom is 0.221 e. The average molecular weight is 286 g/mol. The van der Waals surface area contributed by atoms with E-state index in [9.17, 15) is 9.18 Å². The minimum absolute atomic E-state index is 0.0448. The highest BCUT2D eigenvalue weighted by Gasteiger charge is 2.09. The second-order valence-corrected chi connectivity index (χ2v) is 5.15. The average Bonchev–Trinajstić information content (AvgIpc) is 2.41. The van der Waals surface area contributed by atoms with Gasteiger partial charge in [-0.15, -0.1) is 0 Å². The van der Waals surface area contributed by atoms with Crippen LogP contribution in [0.2, 0.25) is 0 Å². The molecular formula is C15H11FN2OS. The van der Waals surface area contributed by atoms with Crippen LogP contribution >= 0.6 is 11.8 Å². The normalized spacial score (nSPS) is 9.85. The minimum atomic E-state index is -0.521. The second-order valence-electron chi connectivity index (χ2n) is 4.03. The molecule has 0 heterocycles. The van der Waals surface area contributed by atoms with Crippen molar-refractivity contribution in [1.29, 1.82) is 5.26 Å². The Kier molecular flexibility index (Phi) is 4.38. The highest BCUT2D eigenvalue weighted by Crippen LogP contribution is 2.31. The Morgan fingerprint density at radius 1 is 1.25 bits per heavy atom. The van der Waals surface area contributed by atoms with Crippen molar-refractivity contribution in [3.8, 4) is 6.07 Å². The Morgan fingerprint density at radius 3 is 2.55 bits per heavy atom.